The molecule has 0 N–H and O–H groups in total. The number of likely N-dealkylation sites (tertiary alicyclic amines) is 1. The highest BCUT2D eigenvalue weighted by atomic mass is 16.5. The van der Waals surface area contributed by atoms with Crippen molar-refractivity contribution in [1.82, 2.24) is 19.8 Å². The summed E-state index contributed by atoms with van der Waals surface area (Å²) in [5.41, 5.74) is 0.545. The lowest BCUT2D eigenvalue weighted by atomic mass is 10.1. The molecule has 1 amide bonds. The van der Waals surface area contributed by atoms with E-state index in [0.717, 1.165) is 0 Å². The zero-order valence-corrected chi connectivity index (χ0v) is 9.41. The Labute approximate surface area is 97.8 Å². The summed E-state index contributed by atoms with van der Waals surface area (Å²) in [6, 6.07) is 2.17. The molecule has 0 atom stereocenters. The molecule has 1 fully saturated rings. The van der Waals surface area contributed by atoms with Gasteiger partial charge in [0.05, 0.1) is 12.2 Å². The summed E-state index contributed by atoms with van der Waals surface area (Å²) in [4.78, 5) is 13.8. The van der Waals surface area contributed by atoms with Crippen molar-refractivity contribution >= 4 is 5.91 Å². The molecule has 1 aliphatic rings. The molecule has 6 nitrogen and oxygen atoms in total. The fourth-order valence-electron chi connectivity index (χ4n) is 1.96. The van der Waals surface area contributed by atoms with Crippen LogP contribution in [0, 0.1) is 6.92 Å². The van der Waals surface area contributed by atoms with Crippen LogP contribution in [0.2, 0.25) is 0 Å². The number of nitrogens with zero attached hydrogens (tertiary/aromatic N) is 4. The smallest absolute Gasteiger partial charge is 0.259 e. The van der Waals surface area contributed by atoms with Crippen molar-refractivity contribution in [2.24, 2.45) is 0 Å². The lowest BCUT2D eigenvalue weighted by Crippen LogP contribution is -2.50. The van der Waals surface area contributed by atoms with Gasteiger partial charge in [-0.2, -0.15) is 5.10 Å². The Balaban J connectivity index is 1.66. The molecule has 6 heteroatoms. The fraction of sp³-hybridized carbons (Fsp3) is 0.364. The van der Waals surface area contributed by atoms with Crippen LogP contribution in [0.3, 0.4) is 0 Å². The first kappa shape index (κ1) is 10.1. The Bertz CT molecular complexity index is 525. The average molecular weight is 232 g/mol. The first-order valence-corrected chi connectivity index (χ1v) is 5.45. The SMILES string of the molecule is Cc1oncc1C(=O)N1CC(n2cccn2)C1. The van der Waals surface area contributed by atoms with Crippen molar-refractivity contribution in [1.29, 1.82) is 0 Å². The van der Waals surface area contributed by atoms with Crippen LogP contribution in [0.15, 0.2) is 29.2 Å². The molecular formula is C11H12N4O2. The van der Waals surface area contributed by atoms with Gasteiger partial charge in [0, 0.05) is 25.5 Å². The van der Waals surface area contributed by atoms with Crippen LogP contribution in [-0.4, -0.2) is 38.8 Å². The van der Waals surface area contributed by atoms with Crippen molar-refractivity contribution < 1.29 is 9.32 Å². The minimum atomic E-state index is -0.0212. The molecule has 0 aromatic carbocycles. The van der Waals surface area contributed by atoms with Gasteiger partial charge in [-0.25, -0.2) is 0 Å². The Morgan fingerprint density at radius 1 is 1.53 bits per heavy atom. The number of carbonyl (C=O) groups is 1. The lowest BCUT2D eigenvalue weighted by Gasteiger charge is -2.38. The van der Waals surface area contributed by atoms with Gasteiger partial charge in [0.1, 0.15) is 11.3 Å². The molecule has 0 saturated carbocycles. The van der Waals surface area contributed by atoms with Gasteiger partial charge < -0.3 is 9.42 Å². The molecule has 1 saturated heterocycles. The van der Waals surface area contributed by atoms with Crippen molar-refractivity contribution in [2.45, 2.75) is 13.0 Å². The number of aromatic nitrogens is 3. The standard InChI is InChI=1S/C11H12N4O2/c1-8-10(5-13-17-8)11(16)14-6-9(7-14)15-4-2-3-12-15/h2-5,9H,6-7H2,1H3. The molecular weight excluding hydrogens is 220 g/mol. The third-order valence-corrected chi connectivity index (χ3v) is 3.03. The number of rotatable bonds is 2. The van der Waals surface area contributed by atoms with E-state index >= 15 is 0 Å². The van der Waals surface area contributed by atoms with Crippen molar-refractivity contribution in [3.63, 3.8) is 0 Å². The van der Waals surface area contributed by atoms with E-state index < -0.39 is 0 Å². The highest BCUT2D eigenvalue weighted by Gasteiger charge is 2.33. The average Bonchev–Trinajstić information content (AvgIpc) is 2.86. The summed E-state index contributed by atoms with van der Waals surface area (Å²) in [5, 5.41) is 7.77. The van der Waals surface area contributed by atoms with Gasteiger partial charge in [-0.3, -0.25) is 9.48 Å². The maximum Gasteiger partial charge on any atom is 0.259 e. The molecule has 0 aliphatic carbocycles. The van der Waals surface area contributed by atoms with E-state index in [1.807, 2.05) is 16.9 Å². The molecule has 0 bridgehead atoms. The Kier molecular flexibility index (Phi) is 2.21. The molecule has 2 aromatic heterocycles. The van der Waals surface area contributed by atoms with E-state index in [9.17, 15) is 4.79 Å². The summed E-state index contributed by atoms with van der Waals surface area (Å²) in [5.74, 6) is 0.546. The van der Waals surface area contributed by atoms with Crippen LogP contribution in [0.5, 0.6) is 0 Å². The fourth-order valence-corrected chi connectivity index (χ4v) is 1.96. The van der Waals surface area contributed by atoms with Crippen LogP contribution >= 0.6 is 0 Å². The van der Waals surface area contributed by atoms with Gasteiger partial charge in [-0.15, -0.1) is 0 Å². The predicted molar refractivity (Wildman–Crippen MR) is 58.4 cm³/mol. The maximum absolute atomic E-state index is 12.0. The minimum Gasteiger partial charge on any atom is -0.361 e. The Morgan fingerprint density at radius 3 is 2.94 bits per heavy atom. The van der Waals surface area contributed by atoms with Crippen molar-refractivity contribution in [2.75, 3.05) is 13.1 Å². The summed E-state index contributed by atoms with van der Waals surface area (Å²) < 4.78 is 6.77. The Morgan fingerprint density at radius 2 is 2.35 bits per heavy atom. The first-order chi connectivity index (χ1) is 8.25. The van der Waals surface area contributed by atoms with Crippen molar-refractivity contribution in [3.8, 4) is 0 Å². The molecule has 2 aromatic rings. The topological polar surface area (TPSA) is 64.2 Å². The minimum absolute atomic E-state index is 0.0212. The summed E-state index contributed by atoms with van der Waals surface area (Å²) in [6.45, 7) is 3.11. The predicted octanol–water partition coefficient (Wildman–Crippen LogP) is 0.877. The van der Waals surface area contributed by atoms with E-state index in [1.165, 1.54) is 6.20 Å². The maximum atomic E-state index is 12.0. The second-order valence-electron chi connectivity index (χ2n) is 4.15. The van der Waals surface area contributed by atoms with Crippen LogP contribution < -0.4 is 0 Å². The number of aryl methyl sites for hydroxylation is 1. The molecule has 0 radical (unpaired) electrons. The zero-order chi connectivity index (χ0) is 11.8. The highest BCUT2D eigenvalue weighted by Crippen LogP contribution is 2.23. The van der Waals surface area contributed by atoms with Gasteiger partial charge in [0.15, 0.2) is 0 Å². The zero-order valence-electron chi connectivity index (χ0n) is 9.41. The van der Waals surface area contributed by atoms with Gasteiger partial charge in [-0.05, 0) is 13.0 Å². The van der Waals surface area contributed by atoms with Gasteiger partial charge in [-0.1, -0.05) is 5.16 Å². The molecule has 3 heterocycles. The van der Waals surface area contributed by atoms with Crippen LogP contribution in [0.25, 0.3) is 0 Å². The summed E-state index contributed by atoms with van der Waals surface area (Å²) >= 11 is 0. The molecule has 88 valence electrons. The second kappa shape index (κ2) is 3.73. The Hall–Kier alpha value is -2.11. The van der Waals surface area contributed by atoms with Crippen LogP contribution in [0.4, 0.5) is 0 Å². The molecule has 3 rings (SSSR count). The number of carbonyl (C=O) groups excluding carboxylic acids is 1. The van der Waals surface area contributed by atoms with E-state index in [4.69, 9.17) is 4.52 Å². The molecule has 17 heavy (non-hydrogen) atoms. The number of hydrogen-bond acceptors (Lipinski definition) is 4. The summed E-state index contributed by atoms with van der Waals surface area (Å²) in [6.07, 6.45) is 5.13. The molecule has 1 aliphatic heterocycles. The third-order valence-electron chi connectivity index (χ3n) is 3.03. The third kappa shape index (κ3) is 1.61. The lowest BCUT2D eigenvalue weighted by molar-refractivity contribution is 0.0500. The van der Waals surface area contributed by atoms with Gasteiger partial charge >= 0.3 is 0 Å². The van der Waals surface area contributed by atoms with Crippen LogP contribution in [-0.2, 0) is 0 Å². The second-order valence-corrected chi connectivity index (χ2v) is 4.15. The first-order valence-electron chi connectivity index (χ1n) is 5.45. The normalized spacial score (nSPS) is 15.9. The van der Waals surface area contributed by atoms with E-state index in [0.29, 0.717) is 24.4 Å². The highest BCUT2D eigenvalue weighted by molar-refractivity contribution is 5.95. The molecule has 0 unspecified atom stereocenters. The largest absolute Gasteiger partial charge is 0.361 e. The van der Waals surface area contributed by atoms with Crippen molar-refractivity contribution in [3.05, 3.63) is 36.0 Å². The quantitative estimate of drug-likeness (QED) is 0.771. The number of hydrogen-bond donors (Lipinski definition) is 0. The van der Waals surface area contributed by atoms with E-state index in [2.05, 4.69) is 10.3 Å². The number of amides is 1. The van der Waals surface area contributed by atoms with Gasteiger partial charge in [0.25, 0.3) is 5.91 Å². The van der Waals surface area contributed by atoms with E-state index in [-0.39, 0.29) is 11.9 Å². The van der Waals surface area contributed by atoms with Crippen LogP contribution in [0.1, 0.15) is 22.2 Å². The van der Waals surface area contributed by atoms with Gasteiger partial charge in [0.2, 0.25) is 0 Å². The summed E-state index contributed by atoms with van der Waals surface area (Å²) in [7, 11) is 0. The molecule has 0 spiro atoms. The van der Waals surface area contributed by atoms with E-state index in [1.54, 1.807) is 18.0 Å². The monoisotopic (exact) mass is 232 g/mol.